The van der Waals surface area contributed by atoms with E-state index in [-0.39, 0.29) is 15.6 Å². The molecule has 2 aromatic heterocycles. The zero-order valence-electron chi connectivity index (χ0n) is 15.3. The van der Waals surface area contributed by atoms with Gasteiger partial charge in [0.25, 0.3) is 5.56 Å². The summed E-state index contributed by atoms with van der Waals surface area (Å²) in [6.07, 6.45) is 0. The van der Waals surface area contributed by atoms with Crippen LogP contribution >= 0.6 is 0 Å². The maximum atomic E-state index is 13.2. The van der Waals surface area contributed by atoms with Gasteiger partial charge in [-0.25, -0.2) is 8.42 Å². The third kappa shape index (κ3) is 2.61. The van der Waals surface area contributed by atoms with E-state index in [1.54, 1.807) is 37.3 Å². The number of sulfone groups is 1. The molecule has 0 fully saturated rings. The predicted octanol–water partition coefficient (Wildman–Crippen LogP) is 1.73. The first-order valence-electron chi connectivity index (χ1n) is 8.22. The Morgan fingerprint density at radius 1 is 1.04 bits per heavy atom. The molecular formula is C18H16N4O5S. The normalized spacial score (nSPS) is 11.8. The Morgan fingerprint density at radius 3 is 2.39 bits per heavy atom. The Morgan fingerprint density at radius 2 is 1.71 bits per heavy atom. The minimum absolute atomic E-state index is 0.0130. The number of nitrogens with one attached hydrogen (secondary N) is 1. The topological polar surface area (TPSA) is 116 Å². The van der Waals surface area contributed by atoms with E-state index in [4.69, 9.17) is 9.47 Å². The summed E-state index contributed by atoms with van der Waals surface area (Å²) < 4.78 is 38.0. The van der Waals surface area contributed by atoms with Crippen LogP contribution < -0.4 is 15.0 Å². The van der Waals surface area contributed by atoms with Crippen LogP contribution in [0.25, 0.3) is 16.6 Å². The lowest BCUT2D eigenvalue weighted by molar-refractivity contribution is 0.414. The average molecular weight is 400 g/mol. The zero-order chi connectivity index (χ0) is 20.1. The highest BCUT2D eigenvalue weighted by atomic mass is 32.2. The molecule has 0 amide bonds. The summed E-state index contributed by atoms with van der Waals surface area (Å²) in [6, 6.07) is 9.42. The first-order chi connectivity index (χ1) is 13.4. The third-order valence-electron chi connectivity index (χ3n) is 4.48. The van der Waals surface area contributed by atoms with Crippen LogP contribution in [0.4, 0.5) is 0 Å². The van der Waals surface area contributed by atoms with Gasteiger partial charge in [0.1, 0.15) is 11.5 Å². The van der Waals surface area contributed by atoms with Gasteiger partial charge in [0.05, 0.1) is 30.0 Å². The number of aryl methyl sites for hydroxylation is 1. The van der Waals surface area contributed by atoms with Gasteiger partial charge in [-0.05, 0) is 42.8 Å². The quantitative estimate of drug-likeness (QED) is 0.554. The molecule has 0 aliphatic carbocycles. The highest BCUT2D eigenvalue weighted by Crippen LogP contribution is 2.28. The van der Waals surface area contributed by atoms with E-state index in [2.05, 4.69) is 15.3 Å². The molecule has 0 saturated heterocycles. The molecule has 0 bridgehead atoms. The van der Waals surface area contributed by atoms with E-state index >= 15 is 0 Å². The maximum Gasteiger partial charge on any atom is 0.259 e. The molecule has 0 spiro atoms. The summed E-state index contributed by atoms with van der Waals surface area (Å²) in [4.78, 5) is 15.1. The Hall–Kier alpha value is -3.40. The summed E-state index contributed by atoms with van der Waals surface area (Å²) in [6.45, 7) is 1.66. The van der Waals surface area contributed by atoms with Gasteiger partial charge < -0.3 is 14.5 Å². The molecule has 0 aliphatic heterocycles. The SMILES string of the molecule is COc1ccc(S(=O)(=O)c2nnn3c2[nH]c(=O)c2ccc(OC)cc23)c(C)c1. The van der Waals surface area contributed by atoms with Gasteiger partial charge in [-0.2, -0.15) is 4.52 Å². The monoisotopic (exact) mass is 400 g/mol. The molecule has 0 atom stereocenters. The molecule has 4 aromatic rings. The molecule has 0 aliphatic rings. The van der Waals surface area contributed by atoms with Gasteiger partial charge in [0.2, 0.25) is 14.9 Å². The van der Waals surface area contributed by atoms with Crippen LogP contribution in [-0.2, 0) is 9.84 Å². The molecule has 9 nitrogen and oxygen atoms in total. The van der Waals surface area contributed by atoms with Crippen molar-refractivity contribution in [1.82, 2.24) is 19.8 Å². The van der Waals surface area contributed by atoms with Crippen molar-refractivity contribution in [1.29, 1.82) is 0 Å². The fraction of sp³-hybridized carbons (Fsp3) is 0.167. The van der Waals surface area contributed by atoms with Crippen LogP contribution in [0.2, 0.25) is 0 Å². The van der Waals surface area contributed by atoms with Crippen LogP contribution in [0.5, 0.6) is 11.5 Å². The number of nitrogens with zero attached hydrogens (tertiary/aromatic N) is 3. The van der Waals surface area contributed by atoms with Crippen molar-refractivity contribution in [3.63, 3.8) is 0 Å². The molecule has 0 radical (unpaired) electrons. The zero-order valence-corrected chi connectivity index (χ0v) is 16.1. The second kappa shape index (κ2) is 6.34. The van der Waals surface area contributed by atoms with Crippen molar-refractivity contribution >= 4 is 26.4 Å². The lowest BCUT2D eigenvalue weighted by Gasteiger charge is -2.08. The van der Waals surface area contributed by atoms with Gasteiger partial charge in [0.15, 0.2) is 5.65 Å². The lowest BCUT2D eigenvalue weighted by atomic mass is 10.2. The summed E-state index contributed by atoms with van der Waals surface area (Å²) in [5.41, 5.74) is 0.417. The average Bonchev–Trinajstić information content (AvgIpc) is 3.12. The number of methoxy groups -OCH3 is 2. The highest BCUT2D eigenvalue weighted by Gasteiger charge is 2.28. The fourth-order valence-corrected chi connectivity index (χ4v) is 4.53. The van der Waals surface area contributed by atoms with E-state index in [1.807, 2.05) is 0 Å². The summed E-state index contributed by atoms with van der Waals surface area (Å²) in [5.74, 6) is 1.04. The Labute approximate surface area is 159 Å². The molecule has 1 N–H and O–H groups in total. The van der Waals surface area contributed by atoms with E-state index < -0.39 is 15.4 Å². The van der Waals surface area contributed by atoms with Crippen molar-refractivity contribution in [3.8, 4) is 11.5 Å². The van der Waals surface area contributed by atoms with Gasteiger partial charge in [-0.3, -0.25) is 4.79 Å². The second-order valence-corrected chi connectivity index (χ2v) is 7.96. The number of ether oxygens (including phenoxy) is 2. The van der Waals surface area contributed by atoms with Crippen LogP contribution in [0, 0.1) is 6.92 Å². The molecule has 2 aromatic carbocycles. The van der Waals surface area contributed by atoms with Crippen LogP contribution in [0.15, 0.2) is 51.1 Å². The summed E-state index contributed by atoms with van der Waals surface area (Å²) in [7, 11) is -1.04. The Balaban J connectivity index is 2.01. The molecule has 4 rings (SSSR count). The second-order valence-electron chi connectivity index (χ2n) is 6.13. The van der Waals surface area contributed by atoms with Crippen molar-refractivity contribution < 1.29 is 17.9 Å². The van der Waals surface area contributed by atoms with Gasteiger partial charge in [-0.15, -0.1) is 5.10 Å². The smallest absolute Gasteiger partial charge is 0.259 e. The lowest BCUT2D eigenvalue weighted by Crippen LogP contribution is -2.12. The molecule has 2 heterocycles. The van der Waals surface area contributed by atoms with Crippen LogP contribution in [-0.4, -0.2) is 42.4 Å². The molecule has 10 heteroatoms. The number of rotatable bonds is 4. The molecule has 28 heavy (non-hydrogen) atoms. The number of aromatic amines is 1. The largest absolute Gasteiger partial charge is 0.497 e. The first-order valence-corrected chi connectivity index (χ1v) is 9.70. The fourth-order valence-electron chi connectivity index (χ4n) is 3.06. The van der Waals surface area contributed by atoms with Crippen molar-refractivity contribution in [2.24, 2.45) is 0 Å². The van der Waals surface area contributed by atoms with E-state index in [0.29, 0.717) is 28.0 Å². The minimum Gasteiger partial charge on any atom is -0.497 e. The maximum absolute atomic E-state index is 13.2. The van der Waals surface area contributed by atoms with Crippen molar-refractivity contribution in [3.05, 3.63) is 52.3 Å². The third-order valence-corrected chi connectivity index (χ3v) is 6.30. The molecule has 144 valence electrons. The first kappa shape index (κ1) is 18.0. The summed E-state index contributed by atoms with van der Waals surface area (Å²) >= 11 is 0. The standard InChI is InChI=1S/C18H16N4O5S/c1-10-8-11(26-2)5-7-15(10)28(24,25)18-16-19-17(23)13-6-4-12(27-3)9-14(13)22(16)21-20-18/h4-9H,1-3H3,(H,19,23). The molecule has 0 unspecified atom stereocenters. The minimum atomic E-state index is -4.03. The van der Waals surface area contributed by atoms with E-state index in [1.165, 1.54) is 24.8 Å². The number of benzene rings is 2. The van der Waals surface area contributed by atoms with E-state index in [9.17, 15) is 13.2 Å². The van der Waals surface area contributed by atoms with Crippen LogP contribution in [0.3, 0.4) is 0 Å². The van der Waals surface area contributed by atoms with Gasteiger partial charge in [-0.1, -0.05) is 5.21 Å². The number of H-pyrrole nitrogens is 1. The molecular weight excluding hydrogens is 384 g/mol. The number of hydrogen-bond acceptors (Lipinski definition) is 7. The number of hydrogen-bond donors (Lipinski definition) is 1. The number of aromatic nitrogens is 4. The predicted molar refractivity (Wildman–Crippen MR) is 101 cm³/mol. The highest BCUT2D eigenvalue weighted by molar-refractivity contribution is 7.91. The van der Waals surface area contributed by atoms with Crippen molar-refractivity contribution in [2.75, 3.05) is 14.2 Å². The van der Waals surface area contributed by atoms with Gasteiger partial charge in [0, 0.05) is 6.07 Å². The Kier molecular flexibility index (Phi) is 4.07. The summed E-state index contributed by atoms with van der Waals surface area (Å²) in [5, 5.41) is 7.82. The van der Waals surface area contributed by atoms with Crippen LogP contribution in [0.1, 0.15) is 5.56 Å². The van der Waals surface area contributed by atoms with Gasteiger partial charge >= 0.3 is 0 Å². The Bertz CT molecular complexity index is 1390. The van der Waals surface area contributed by atoms with E-state index in [0.717, 1.165) is 0 Å². The number of fused-ring (bicyclic) bond motifs is 3. The van der Waals surface area contributed by atoms with Crippen molar-refractivity contribution in [2.45, 2.75) is 16.8 Å². The molecule has 0 saturated carbocycles.